The number of nitrogens with one attached hydrogen (secondary N) is 1. The lowest BCUT2D eigenvalue weighted by Gasteiger charge is -2.21. The minimum Gasteiger partial charge on any atom is -0.467 e. The molecular weight excluding hydrogens is 316 g/mol. The number of rotatable bonds is 8. The van der Waals surface area contributed by atoms with E-state index in [1.165, 1.54) is 7.11 Å². The number of aryl methyl sites for hydroxylation is 2. The second kappa shape index (κ2) is 9.05. The van der Waals surface area contributed by atoms with Crippen molar-refractivity contribution in [3.05, 3.63) is 17.0 Å². The molecule has 0 aliphatic carbocycles. The van der Waals surface area contributed by atoms with Gasteiger partial charge in [-0.3, -0.25) is 4.79 Å². The molecule has 8 nitrogen and oxygen atoms in total. The first-order valence-corrected chi connectivity index (χ1v) is 7.85. The van der Waals surface area contributed by atoms with E-state index >= 15 is 0 Å². The van der Waals surface area contributed by atoms with Gasteiger partial charge in [0.1, 0.15) is 17.4 Å². The van der Waals surface area contributed by atoms with Crippen LogP contribution in [0.15, 0.2) is 4.52 Å². The Bertz CT molecular complexity index is 595. The molecule has 1 amide bonds. The average Bonchev–Trinajstić information content (AvgIpc) is 2.96. The standard InChI is InChI=1S/C16H24N2O6/c1-6-9(3)14(16(21)22-5)17-12(19)8-23-15(20)13-10(4)24-18-11(13)7-2/h9,14H,6-8H2,1-5H3,(H,17,19). The Hall–Kier alpha value is -2.38. The molecule has 1 aromatic heterocycles. The topological polar surface area (TPSA) is 108 Å². The van der Waals surface area contributed by atoms with E-state index in [0.717, 1.165) is 0 Å². The number of esters is 2. The van der Waals surface area contributed by atoms with Crippen LogP contribution < -0.4 is 5.32 Å². The van der Waals surface area contributed by atoms with Crippen LogP contribution in [0.4, 0.5) is 0 Å². The molecule has 0 saturated carbocycles. The summed E-state index contributed by atoms with van der Waals surface area (Å²) >= 11 is 0. The Labute approximate surface area is 140 Å². The predicted octanol–water partition coefficient (Wildman–Crippen LogP) is 1.41. The molecule has 0 bridgehead atoms. The molecule has 24 heavy (non-hydrogen) atoms. The molecule has 0 saturated heterocycles. The van der Waals surface area contributed by atoms with Crippen LogP contribution >= 0.6 is 0 Å². The molecule has 1 N–H and O–H groups in total. The van der Waals surface area contributed by atoms with E-state index in [4.69, 9.17) is 9.26 Å². The van der Waals surface area contributed by atoms with E-state index in [1.807, 2.05) is 20.8 Å². The zero-order valence-corrected chi connectivity index (χ0v) is 14.7. The van der Waals surface area contributed by atoms with Gasteiger partial charge in [0, 0.05) is 0 Å². The molecule has 0 spiro atoms. The van der Waals surface area contributed by atoms with Gasteiger partial charge in [-0.1, -0.05) is 32.3 Å². The summed E-state index contributed by atoms with van der Waals surface area (Å²) in [5.41, 5.74) is 0.710. The smallest absolute Gasteiger partial charge is 0.344 e. The number of methoxy groups -OCH3 is 1. The summed E-state index contributed by atoms with van der Waals surface area (Å²) < 4.78 is 14.6. The maximum atomic E-state index is 12.1. The van der Waals surface area contributed by atoms with E-state index < -0.39 is 30.5 Å². The largest absolute Gasteiger partial charge is 0.467 e. The summed E-state index contributed by atoms with van der Waals surface area (Å²) in [5, 5.41) is 6.29. The van der Waals surface area contributed by atoms with Gasteiger partial charge in [0.05, 0.1) is 12.8 Å². The molecule has 2 atom stereocenters. The van der Waals surface area contributed by atoms with Crippen molar-refractivity contribution in [1.82, 2.24) is 10.5 Å². The van der Waals surface area contributed by atoms with Crippen molar-refractivity contribution < 1.29 is 28.4 Å². The minimum absolute atomic E-state index is 0.107. The van der Waals surface area contributed by atoms with E-state index in [1.54, 1.807) is 6.92 Å². The third-order valence-corrected chi connectivity index (χ3v) is 3.79. The molecule has 1 heterocycles. The Balaban J connectivity index is 2.66. The highest BCUT2D eigenvalue weighted by Crippen LogP contribution is 2.15. The summed E-state index contributed by atoms with van der Waals surface area (Å²) in [6.45, 7) is 6.64. The molecule has 134 valence electrons. The van der Waals surface area contributed by atoms with Crippen molar-refractivity contribution in [2.45, 2.75) is 46.6 Å². The predicted molar refractivity (Wildman–Crippen MR) is 84.3 cm³/mol. The third kappa shape index (κ3) is 4.81. The van der Waals surface area contributed by atoms with Crippen molar-refractivity contribution in [2.24, 2.45) is 5.92 Å². The zero-order valence-electron chi connectivity index (χ0n) is 14.7. The van der Waals surface area contributed by atoms with Crippen LogP contribution in [0.1, 0.15) is 49.0 Å². The third-order valence-electron chi connectivity index (χ3n) is 3.79. The van der Waals surface area contributed by atoms with E-state index in [0.29, 0.717) is 24.3 Å². The maximum absolute atomic E-state index is 12.1. The highest BCUT2D eigenvalue weighted by Gasteiger charge is 2.27. The number of carbonyl (C=O) groups is 3. The molecule has 0 aliphatic rings. The number of nitrogens with zero attached hydrogens (tertiary/aromatic N) is 1. The number of ether oxygens (including phenoxy) is 2. The first kappa shape index (κ1) is 19.7. The second-order valence-electron chi connectivity index (χ2n) is 5.44. The van der Waals surface area contributed by atoms with Crippen LogP contribution in [0.2, 0.25) is 0 Å². The summed E-state index contributed by atoms with van der Waals surface area (Å²) in [6, 6.07) is -0.783. The molecule has 0 radical (unpaired) electrons. The van der Waals surface area contributed by atoms with Crippen molar-refractivity contribution in [3.63, 3.8) is 0 Å². The lowest BCUT2D eigenvalue weighted by Crippen LogP contribution is -2.47. The highest BCUT2D eigenvalue weighted by atomic mass is 16.5. The molecule has 0 fully saturated rings. The Morgan fingerprint density at radius 1 is 1.29 bits per heavy atom. The first-order chi connectivity index (χ1) is 11.3. The minimum atomic E-state index is -0.783. The molecule has 2 unspecified atom stereocenters. The van der Waals surface area contributed by atoms with Gasteiger partial charge in [-0.2, -0.15) is 0 Å². The van der Waals surface area contributed by atoms with Gasteiger partial charge in [0.2, 0.25) is 0 Å². The van der Waals surface area contributed by atoms with Crippen LogP contribution in [0.3, 0.4) is 0 Å². The first-order valence-electron chi connectivity index (χ1n) is 7.85. The van der Waals surface area contributed by atoms with Crippen LogP contribution in [0, 0.1) is 12.8 Å². The summed E-state index contributed by atoms with van der Waals surface area (Å²) in [4.78, 5) is 35.8. The molecule has 1 rings (SSSR count). The van der Waals surface area contributed by atoms with Gasteiger partial charge in [-0.15, -0.1) is 0 Å². The number of hydrogen-bond acceptors (Lipinski definition) is 7. The molecule has 1 aromatic rings. The second-order valence-corrected chi connectivity index (χ2v) is 5.44. The fourth-order valence-electron chi connectivity index (χ4n) is 2.14. The quantitative estimate of drug-likeness (QED) is 0.713. The number of aromatic nitrogens is 1. The number of hydrogen-bond donors (Lipinski definition) is 1. The van der Waals surface area contributed by atoms with Crippen molar-refractivity contribution in [3.8, 4) is 0 Å². The normalized spacial score (nSPS) is 13.0. The fourth-order valence-corrected chi connectivity index (χ4v) is 2.14. The number of carbonyl (C=O) groups excluding carboxylic acids is 3. The lowest BCUT2D eigenvalue weighted by atomic mass is 9.99. The van der Waals surface area contributed by atoms with Crippen molar-refractivity contribution >= 4 is 17.8 Å². The molecule has 0 aliphatic heterocycles. The molecular formula is C16H24N2O6. The van der Waals surface area contributed by atoms with Gasteiger partial charge in [-0.05, 0) is 19.3 Å². The van der Waals surface area contributed by atoms with E-state index in [9.17, 15) is 14.4 Å². The summed E-state index contributed by atoms with van der Waals surface area (Å²) in [7, 11) is 1.25. The van der Waals surface area contributed by atoms with Crippen LogP contribution in [-0.2, 0) is 25.5 Å². The van der Waals surface area contributed by atoms with Crippen molar-refractivity contribution in [1.29, 1.82) is 0 Å². The summed E-state index contributed by atoms with van der Waals surface area (Å²) in [5.74, 6) is -1.56. The highest BCUT2D eigenvalue weighted by molar-refractivity contribution is 5.93. The zero-order chi connectivity index (χ0) is 18.3. The molecule has 8 heteroatoms. The van der Waals surface area contributed by atoms with Crippen LogP contribution in [0.25, 0.3) is 0 Å². The maximum Gasteiger partial charge on any atom is 0.344 e. The van der Waals surface area contributed by atoms with Crippen LogP contribution in [-0.4, -0.2) is 42.8 Å². The Morgan fingerprint density at radius 3 is 2.50 bits per heavy atom. The Morgan fingerprint density at radius 2 is 1.96 bits per heavy atom. The van der Waals surface area contributed by atoms with Gasteiger partial charge in [0.15, 0.2) is 6.61 Å². The van der Waals surface area contributed by atoms with Gasteiger partial charge >= 0.3 is 11.9 Å². The van der Waals surface area contributed by atoms with E-state index in [2.05, 4.69) is 15.2 Å². The van der Waals surface area contributed by atoms with Gasteiger partial charge in [0.25, 0.3) is 5.91 Å². The average molecular weight is 340 g/mol. The Kier molecular flexibility index (Phi) is 7.41. The molecule has 0 aromatic carbocycles. The summed E-state index contributed by atoms with van der Waals surface area (Å²) in [6.07, 6.45) is 1.19. The van der Waals surface area contributed by atoms with Gasteiger partial charge < -0.3 is 19.3 Å². The van der Waals surface area contributed by atoms with Crippen molar-refractivity contribution in [2.75, 3.05) is 13.7 Å². The van der Waals surface area contributed by atoms with Crippen LogP contribution in [0.5, 0.6) is 0 Å². The van der Waals surface area contributed by atoms with E-state index in [-0.39, 0.29) is 11.5 Å². The number of amides is 1. The lowest BCUT2D eigenvalue weighted by molar-refractivity contribution is -0.147. The van der Waals surface area contributed by atoms with Gasteiger partial charge in [-0.25, -0.2) is 9.59 Å². The fraction of sp³-hybridized carbons (Fsp3) is 0.625. The SMILES string of the molecule is CCc1noc(C)c1C(=O)OCC(=O)NC(C(=O)OC)C(C)CC. The monoisotopic (exact) mass is 340 g/mol.